The summed E-state index contributed by atoms with van der Waals surface area (Å²) >= 11 is 5.69. The summed E-state index contributed by atoms with van der Waals surface area (Å²) in [6, 6.07) is 13.3. The van der Waals surface area contributed by atoms with E-state index in [1.165, 1.54) is 17.2 Å². The normalized spacial score (nSPS) is 12.4. The lowest BCUT2D eigenvalue weighted by Crippen LogP contribution is -2.37. The largest absolute Gasteiger partial charge is 0.271 e. The van der Waals surface area contributed by atoms with Crippen LogP contribution in [0.1, 0.15) is 23.1 Å². The molecule has 0 aliphatic rings. The van der Waals surface area contributed by atoms with E-state index < -0.39 is 0 Å². The van der Waals surface area contributed by atoms with Crippen molar-refractivity contribution < 1.29 is 4.39 Å². The third kappa shape index (κ3) is 4.53. The van der Waals surface area contributed by atoms with Gasteiger partial charge in [0.2, 0.25) is 0 Å². The van der Waals surface area contributed by atoms with Crippen LogP contribution < -0.4 is 11.3 Å². The van der Waals surface area contributed by atoms with E-state index in [0.29, 0.717) is 6.42 Å². The van der Waals surface area contributed by atoms with Gasteiger partial charge in [-0.15, -0.1) is 0 Å². The molecule has 3 N–H and O–H groups in total. The number of aryl methyl sites for hydroxylation is 2. The van der Waals surface area contributed by atoms with E-state index in [2.05, 4.69) is 24.5 Å². The number of halogens is 2. The maximum absolute atomic E-state index is 13.5. The Morgan fingerprint density at radius 1 is 1.24 bits per heavy atom. The molecule has 0 bridgehead atoms. The third-order valence-corrected chi connectivity index (χ3v) is 4.03. The molecule has 2 aromatic carbocycles. The van der Waals surface area contributed by atoms with Gasteiger partial charge in [-0.1, -0.05) is 41.9 Å². The van der Waals surface area contributed by atoms with Crippen molar-refractivity contribution in [1.29, 1.82) is 0 Å². The summed E-state index contributed by atoms with van der Waals surface area (Å²) in [4.78, 5) is 0. The highest BCUT2D eigenvalue weighted by Gasteiger charge is 2.10. The Morgan fingerprint density at radius 2 is 2.00 bits per heavy atom. The number of rotatable bonds is 6. The predicted molar refractivity (Wildman–Crippen MR) is 85.7 cm³/mol. The first kappa shape index (κ1) is 16.0. The van der Waals surface area contributed by atoms with Crippen LogP contribution in [0.5, 0.6) is 0 Å². The van der Waals surface area contributed by atoms with Crippen molar-refractivity contribution in [3.63, 3.8) is 0 Å². The molecule has 2 aromatic rings. The van der Waals surface area contributed by atoms with Crippen LogP contribution in [0.2, 0.25) is 5.02 Å². The summed E-state index contributed by atoms with van der Waals surface area (Å²) < 4.78 is 13.5. The molecule has 0 radical (unpaired) electrons. The van der Waals surface area contributed by atoms with Crippen LogP contribution in [0.25, 0.3) is 0 Å². The van der Waals surface area contributed by atoms with Gasteiger partial charge in [0.15, 0.2) is 0 Å². The number of hydrazine groups is 1. The first-order chi connectivity index (χ1) is 10.1. The predicted octanol–water partition coefficient (Wildman–Crippen LogP) is 3.79. The minimum atomic E-state index is -0.385. The molecule has 0 amide bonds. The highest BCUT2D eigenvalue weighted by atomic mass is 35.5. The second-order valence-corrected chi connectivity index (χ2v) is 5.69. The highest BCUT2D eigenvalue weighted by Crippen LogP contribution is 2.18. The van der Waals surface area contributed by atoms with Gasteiger partial charge in [0.05, 0.1) is 5.02 Å². The van der Waals surface area contributed by atoms with Gasteiger partial charge < -0.3 is 0 Å². The third-order valence-electron chi connectivity index (χ3n) is 3.73. The molecule has 0 aliphatic carbocycles. The molecular weight excluding hydrogens is 287 g/mol. The van der Waals surface area contributed by atoms with Gasteiger partial charge in [-0.05, 0) is 55.0 Å². The standard InChI is InChI=1S/C17H20ClFN2/c1-12-4-2-3-5-14(12)7-8-15(21-20)10-13-6-9-16(18)17(19)11-13/h2-6,9,11,15,21H,7-8,10,20H2,1H3. The van der Waals surface area contributed by atoms with Crippen molar-refractivity contribution in [2.45, 2.75) is 32.2 Å². The van der Waals surface area contributed by atoms with Gasteiger partial charge in [-0.3, -0.25) is 11.3 Å². The van der Waals surface area contributed by atoms with Gasteiger partial charge in [-0.25, -0.2) is 4.39 Å². The topological polar surface area (TPSA) is 38.0 Å². The fourth-order valence-electron chi connectivity index (χ4n) is 2.42. The average Bonchev–Trinajstić information content (AvgIpc) is 2.48. The van der Waals surface area contributed by atoms with Gasteiger partial charge in [0, 0.05) is 6.04 Å². The Hall–Kier alpha value is -1.42. The molecule has 0 heterocycles. The summed E-state index contributed by atoms with van der Waals surface area (Å²) in [6.07, 6.45) is 2.51. The summed E-state index contributed by atoms with van der Waals surface area (Å²) in [7, 11) is 0. The van der Waals surface area contributed by atoms with E-state index in [9.17, 15) is 4.39 Å². The lowest BCUT2D eigenvalue weighted by atomic mass is 9.97. The van der Waals surface area contributed by atoms with E-state index in [1.807, 2.05) is 18.2 Å². The van der Waals surface area contributed by atoms with Crippen molar-refractivity contribution in [1.82, 2.24) is 5.43 Å². The van der Waals surface area contributed by atoms with Crippen molar-refractivity contribution in [3.8, 4) is 0 Å². The molecule has 0 aliphatic heterocycles. The fourth-order valence-corrected chi connectivity index (χ4v) is 2.53. The second kappa shape index (κ2) is 7.55. The quantitative estimate of drug-likeness (QED) is 0.629. The van der Waals surface area contributed by atoms with Crippen LogP contribution in [0.4, 0.5) is 4.39 Å². The summed E-state index contributed by atoms with van der Waals surface area (Å²) in [5.41, 5.74) is 6.31. The summed E-state index contributed by atoms with van der Waals surface area (Å²) in [5.74, 6) is 5.24. The fraction of sp³-hybridized carbons (Fsp3) is 0.294. The van der Waals surface area contributed by atoms with E-state index >= 15 is 0 Å². The molecule has 0 saturated heterocycles. The molecule has 2 nitrogen and oxygen atoms in total. The zero-order chi connectivity index (χ0) is 15.2. The van der Waals surface area contributed by atoms with Gasteiger partial charge in [0.25, 0.3) is 0 Å². The molecular formula is C17H20ClFN2. The van der Waals surface area contributed by atoms with E-state index in [-0.39, 0.29) is 16.9 Å². The molecule has 0 aromatic heterocycles. The Kier molecular flexibility index (Phi) is 5.74. The number of nitrogens with two attached hydrogens (primary N) is 1. The minimum absolute atomic E-state index is 0.102. The maximum atomic E-state index is 13.5. The Bertz CT molecular complexity index is 601. The Labute approximate surface area is 130 Å². The van der Waals surface area contributed by atoms with Gasteiger partial charge >= 0.3 is 0 Å². The Balaban J connectivity index is 1.97. The molecule has 0 spiro atoms. The summed E-state index contributed by atoms with van der Waals surface area (Å²) in [6.45, 7) is 2.11. The average molecular weight is 307 g/mol. The summed E-state index contributed by atoms with van der Waals surface area (Å²) in [5, 5.41) is 0.149. The maximum Gasteiger partial charge on any atom is 0.142 e. The number of benzene rings is 2. The number of hydrogen-bond donors (Lipinski definition) is 2. The van der Waals surface area contributed by atoms with Crippen LogP contribution in [0, 0.1) is 12.7 Å². The number of nitrogens with one attached hydrogen (secondary N) is 1. The molecule has 1 atom stereocenters. The molecule has 112 valence electrons. The Morgan fingerprint density at radius 3 is 2.67 bits per heavy atom. The lowest BCUT2D eigenvalue weighted by Gasteiger charge is -2.17. The molecule has 0 saturated carbocycles. The van der Waals surface area contributed by atoms with Crippen LogP contribution in [-0.4, -0.2) is 6.04 Å². The minimum Gasteiger partial charge on any atom is -0.271 e. The van der Waals surface area contributed by atoms with E-state index in [4.69, 9.17) is 17.4 Å². The molecule has 2 rings (SSSR count). The molecule has 21 heavy (non-hydrogen) atoms. The van der Waals surface area contributed by atoms with Crippen LogP contribution >= 0.6 is 11.6 Å². The van der Waals surface area contributed by atoms with E-state index in [1.54, 1.807) is 6.07 Å². The van der Waals surface area contributed by atoms with Crippen LogP contribution in [0.15, 0.2) is 42.5 Å². The van der Waals surface area contributed by atoms with Crippen molar-refractivity contribution in [3.05, 3.63) is 70.0 Å². The SMILES string of the molecule is Cc1ccccc1CCC(Cc1ccc(Cl)c(F)c1)NN. The first-order valence-corrected chi connectivity index (χ1v) is 7.42. The molecule has 0 fully saturated rings. The monoisotopic (exact) mass is 306 g/mol. The zero-order valence-electron chi connectivity index (χ0n) is 12.1. The van der Waals surface area contributed by atoms with Crippen molar-refractivity contribution >= 4 is 11.6 Å². The van der Waals surface area contributed by atoms with Crippen molar-refractivity contribution in [2.75, 3.05) is 0 Å². The van der Waals surface area contributed by atoms with E-state index in [0.717, 1.165) is 18.4 Å². The van der Waals surface area contributed by atoms with Gasteiger partial charge in [0.1, 0.15) is 5.82 Å². The number of hydrogen-bond acceptors (Lipinski definition) is 2. The first-order valence-electron chi connectivity index (χ1n) is 7.04. The van der Waals surface area contributed by atoms with Crippen LogP contribution in [-0.2, 0) is 12.8 Å². The highest BCUT2D eigenvalue weighted by molar-refractivity contribution is 6.30. The van der Waals surface area contributed by atoms with Crippen LogP contribution in [0.3, 0.4) is 0 Å². The zero-order valence-corrected chi connectivity index (χ0v) is 12.8. The smallest absolute Gasteiger partial charge is 0.142 e. The molecule has 1 unspecified atom stereocenters. The lowest BCUT2D eigenvalue weighted by molar-refractivity contribution is 0.489. The second-order valence-electron chi connectivity index (χ2n) is 5.28. The van der Waals surface area contributed by atoms with Crippen molar-refractivity contribution in [2.24, 2.45) is 5.84 Å². The van der Waals surface area contributed by atoms with Gasteiger partial charge in [-0.2, -0.15) is 0 Å². The molecule has 4 heteroatoms.